The lowest BCUT2D eigenvalue weighted by molar-refractivity contribution is -0.983. The molecule has 0 radical (unpaired) electrons. The molecule has 6 nitrogen and oxygen atoms in total. The highest BCUT2D eigenvalue weighted by atomic mass is 19.4. The Labute approximate surface area is 274 Å². The number of ether oxygens (including phenoxy) is 1. The van der Waals surface area contributed by atoms with Gasteiger partial charge in [0.1, 0.15) is 24.4 Å². The van der Waals surface area contributed by atoms with Crippen LogP contribution in [-0.4, -0.2) is 41.7 Å². The third-order valence-electron chi connectivity index (χ3n) is 9.85. The second kappa shape index (κ2) is 12.8. The Bertz CT molecular complexity index is 1780. The van der Waals surface area contributed by atoms with E-state index in [1.807, 2.05) is 30.3 Å². The number of halogens is 6. The fourth-order valence-corrected chi connectivity index (χ4v) is 7.61. The lowest BCUT2D eigenvalue weighted by Crippen LogP contribution is -2.69. The van der Waals surface area contributed by atoms with Crippen molar-refractivity contribution in [2.75, 3.05) is 25.5 Å². The molecule has 3 aromatic carbocycles. The summed E-state index contributed by atoms with van der Waals surface area (Å²) in [6, 6.07) is 16.4. The summed E-state index contributed by atoms with van der Waals surface area (Å²) in [5.74, 6) is 1.10. The van der Waals surface area contributed by atoms with Gasteiger partial charge in [-0.1, -0.05) is 36.4 Å². The number of methoxy groups -OCH3 is 1. The number of aromatic nitrogens is 1. The first kappa shape index (κ1) is 33.3. The molecule has 0 spiro atoms. The van der Waals surface area contributed by atoms with E-state index in [4.69, 9.17) is 4.74 Å². The number of amides is 2. The Morgan fingerprint density at radius 2 is 1.73 bits per heavy atom. The van der Waals surface area contributed by atoms with Gasteiger partial charge in [0.05, 0.1) is 36.8 Å². The van der Waals surface area contributed by atoms with Crippen molar-refractivity contribution < 1.29 is 40.4 Å². The van der Waals surface area contributed by atoms with Gasteiger partial charge in [0.2, 0.25) is 0 Å². The first-order valence-electron chi connectivity index (χ1n) is 15.6. The smallest absolute Gasteiger partial charge is 0.416 e. The van der Waals surface area contributed by atoms with Crippen molar-refractivity contribution in [3.63, 3.8) is 0 Å². The van der Waals surface area contributed by atoms with E-state index in [9.17, 15) is 31.1 Å². The van der Waals surface area contributed by atoms with Gasteiger partial charge in [-0.05, 0) is 53.9 Å². The first-order valence-corrected chi connectivity index (χ1v) is 15.6. The molecular weight excluding hydrogens is 634 g/mol. The number of anilines is 1. The molecule has 2 N–H and O–H groups in total. The number of quaternary nitrogens is 1. The number of piperidine rings is 3. The van der Waals surface area contributed by atoms with Gasteiger partial charge >= 0.3 is 18.4 Å². The monoisotopic (exact) mass is 669 g/mol. The van der Waals surface area contributed by atoms with E-state index in [0.29, 0.717) is 51.8 Å². The molecule has 0 aliphatic carbocycles. The van der Waals surface area contributed by atoms with Crippen molar-refractivity contribution in [3.05, 3.63) is 114 Å². The number of pyridine rings is 1. The summed E-state index contributed by atoms with van der Waals surface area (Å²) in [6.07, 6.45) is -4.83. The summed E-state index contributed by atoms with van der Waals surface area (Å²) in [5, 5.41) is 6.00. The first-order chi connectivity index (χ1) is 22.8. The van der Waals surface area contributed by atoms with Crippen molar-refractivity contribution in [1.29, 1.82) is 0 Å². The topological polar surface area (TPSA) is 63.2 Å². The Morgan fingerprint density at radius 3 is 2.38 bits per heavy atom. The summed E-state index contributed by atoms with van der Waals surface area (Å²) in [4.78, 5) is 18.3. The van der Waals surface area contributed by atoms with Crippen molar-refractivity contribution in [3.8, 4) is 5.75 Å². The van der Waals surface area contributed by atoms with Gasteiger partial charge in [-0.25, -0.2) is 4.79 Å². The maximum atomic E-state index is 13.8. The molecule has 7 rings (SSSR count). The van der Waals surface area contributed by atoms with Crippen LogP contribution >= 0.6 is 0 Å². The highest BCUT2D eigenvalue weighted by Gasteiger charge is 2.54. The van der Waals surface area contributed by atoms with Gasteiger partial charge < -0.3 is 19.9 Å². The molecule has 3 saturated heterocycles. The number of carbonyl (C=O) groups excluding carboxylic acids is 1. The molecule has 5 atom stereocenters. The highest BCUT2D eigenvalue weighted by molar-refractivity contribution is 5.91. The standard InChI is InChI=1S/C36H34F6N4O2/c1-3-23-21-46(20-22-7-5-4-6-8-22)14-12-24(23)15-32(46)33(29-11-13-43-31-10-9-28(48-2)19-30(29)31)45-34(47)44-27-17-25(35(37,38)39)16-26(18-27)36(40,41)42/h3-11,13,16-19,23-24,32-33H,1,12,14-15,20-21H2,2H3,(H-,44,45,47)/p+1/t23-,24-,32+,33+,46?/m0/s1. The van der Waals surface area contributed by atoms with E-state index in [-0.39, 0.29) is 23.9 Å². The molecule has 2 bridgehead atoms. The summed E-state index contributed by atoms with van der Waals surface area (Å²) in [5.41, 5.74) is -1.20. The number of hydrogen-bond acceptors (Lipinski definition) is 3. The third-order valence-corrected chi connectivity index (χ3v) is 9.85. The van der Waals surface area contributed by atoms with Gasteiger partial charge in [0.15, 0.2) is 0 Å². The van der Waals surface area contributed by atoms with E-state index in [2.05, 4.69) is 34.3 Å². The van der Waals surface area contributed by atoms with Gasteiger partial charge in [0.25, 0.3) is 0 Å². The molecule has 3 fully saturated rings. The summed E-state index contributed by atoms with van der Waals surface area (Å²) in [6.45, 7) is 6.35. The van der Waals surface area contributed by atoms with Gasteiger partial charge in [-0.2, -0.15) is 26.3 Å². The molecule has 48 heavy (non-hydrogen) atoms. The number of benzene rings is 3. The zero-order valence-electron chi connectivity index (χ0n) is 26.1. The SMILES string of the molecule is C=C[C@H]1C[N+]2(Cc3ccccc3)CC[C@H]1C[C@@H]2[C@H](NC(=O)Nc1cc(C(F)(F)F)cc(C(F)(F)F)c1)c1ccnc2ccc(OC)cc12. The van der Waals surface area contributed by atoms with E-state index < -0.39 is 41.2 Å². The molecule has 1 aromatic heterocycles. The van der Waals surface area contributed by atoms with E-state index in [1.165, 1.54) is 7.11 Å². The number of rotatable bonds is 8. The van der Waals surface area contributed by atoms with Gasteiger partial charge in [-0.15, -0.1) is 6.58 Å². The summed E-state index contributed by atoms with van der Waals surface area (Å²) < 4.78 is 87.7. The molecule has 4 aromatic rings. The van der Waals surface area contributed by atoms with Crippen molar-refractivity contribution in [2.45, 2.75) is 43.8 Å². The lowest BCUT2D eigenvalue weighted by atomic mass is 9.70. The Hall–Kier alpha value is -4.58. The molecule has 3 aliphatic rings. The van der Waals surface area contributed by atoms with Crippen molar-refractivity contribution >= 4 is 22.6 Å². The number of urea groups is 1. The molecule has 0 saturated carbocycles. The van der Waals surface area contributed by atoms with Crippen LogP contribution in [0.5, 0.6) is 5.75 Å². The molecule has 252 valence electrons. The maximum absolute atomic E-state index is 13.8. The van der Waals surface area contributed by atoms with Crippen LogP contribution in [0.25, 0.3) is 10.9 Å². The van der Waals surface area contributed by atoms with Crippen LogP contribution in [0.15, 0.2) is 91.6 Å². The maximum Gasteiger partial charge on any atom is 0.416 e. The molecule has 1 unspecified atom stereocenters. The predicted octanol–water partition coefficient (Wildman–Crippen LogP) is 8.76. The zero-order valence-corrected chi connectivity index (χ0v) is 26.1. The Kier molecular flexibility index (Phi) is 8.88. The largest absolute Gasteiger partial charge is 0.497 e. The van der Waals surface area contributed by atoms with Crippen LogP contribution in [0.4, 0.5) is 36.8 Å². The zero-order chi connectivity index (χ0) is 34.3. The van der Waals surface area contributed by atoms with Crippen LogP contribution in [0.1, 0.15) is 41.1 Å². The number of carbonyl (C=O) groups is 1. The van der Waals surface area contributed by atoms with Crippen LogP contribution in [0, 0.1) is 11.8 Å². The number of hydrogen-bond donors (Lipinski definition) is 2. The highest BCUT2D eigenvalue weighted by Crippen LogP contribution is 2.48. The summed E-state index contributed by atoms with van der Waals surface area (Å²) in [7, 11) is 1.53. The minimum Gasteiger partial charge on any atom is -0.497 e. The number of nitrogens with zero attached hydrogens (tertiary/aromatic N) is 2. The molecule has 12 heteroatoms. The average Bonchev–Trinajstić information content (AvgIpc) is 3.06. The molecule has 3 aliphatic heterocycles. The van der Waals surface area contributed by atoms with Gasteiger partial charge in [-0.3, -0.25) is 4.98 Å². The van der Waals surface area contributed by atoms with E-state index >= 15 is 0 Å². The second-order valence-electron chi connectivity index (χ2n) is 12.7. The van der Waals surface area contributed by atoms with E-state index in [1.54, 1.807) is 24.4 Å². The minimum absolute atomic E-state index is 0.0297. The fraction of sp³-hybridized carbons (Fsp3) is 0.333. The Balaban J connectivity index is 1.44. The minimum atomic E-state index is -5.06. The number of alkyl halides is 6. The van der Waals surface area contributed by atoms with Crippen LogP contribution in [0.2, 0.25) is 0 Å². The molecule has 2 amide bonds. The van der Waals surface area contributed by atoms with Crippen LogP contribution in [0.3, 0.4) is 0 Å². The average molecular weight is 670 g/mol. The molecule has 4 heterocycles. The van der Waals surface area contributed by atoms with Gasteiger partial charge in [0, 0.05) is 41.6 Å². The lowest BCUT2D eigenvalue weighted by Gasteiger charge is -2.58. The number of nitrogens with one attached hydrogen (secondary N) is 2. The van der Waals surface area contributed by atoms with Crippen LogP contribution < -0.4 is 15.4 Å². The summed E-state index contributed by atoms with van der Waals surface area (Å²) >= 11 is 0. The Morgan fingerprint density at radius 1 is 1.02 bits per heavy atom. The molecular formula is C36H35F6N4O2+. The van der Waals surface area contributed by atoms with Crippen molar-refractivity contribution in [2.24, 2.45) is 11.8 Å². The van der Waals surface area contributed by atoms with Crippen LogP contribution in [-0.2, 0) is 18.9 Å². The third kappa shape index (κ3) is 6.71. The quantitative estimate of drug-likeness (QED) is 0.112. The van der Waals surface area contributed by atoms with Crippen molar-refractivity contribution in [1.82, 2.24) is 10.3 Å². The number of fused-ring (bicyclic) bond motifs is 4. The fourth-order valence-electron chi connectivity index (χ4n) is 7.61. The predicted molar refractivity (Wildman–Crippen MR) is 170 cm³/mol. The normalized spacial score (nSPS) is 23.0. The van der Waals surface area contributed by atoms with E-state index in [0.717, 1.165) is 25.1 Å². The second-order valence-corrected chi connectivity index (χ2v) is 12.7.